The molecule has 3 aliphatic rings. The molecule has 1 spiro atoms. The first-order chi connectivity index (χ1) is 14.8. The van der Waals surface area contributed by atoms with Gasteiger partial charge in [-0.3, -0.25) is 0 Å². The van der Waals surface area contributed by atoms with E-state index in [0.29, 0.717) is 24.3 Å². The number of rotatable bonds is 6. The molecule has 1 N–H and O–H groups in total. The largest absolute Gasteiger partial charge is 0.474 e. The number of aromatic nitrogens is 3. The summed E-state index contributed by atoms with van der Waals surface area (Å²) in [6.45, 7) is -1.36. The third-order valence-corrected chi connectivity index (χ3v) is 8.17. The van der Waals surface area contributed by atoms with Crippen LogP contribution in [-0.4, -0.2) is 88.0 Å². The first-order valence-corrected chi connectivity index (χ1v) is 11.4. The molecule has 1 atom stereocenters. The van der Waals surface area contributed by atoms with Crippen molar-refractivity contribution in [2.24, 2.45) is 5.11 Å². The van der Waals surface area contributed by atoms with Gasteiger partial charge in [-0.25, -0.2) is 9.97 Å². The van der Waals surface area contributed by atoms with Crippen molar-refractivity contribution in [2.75, 3.05) is 38.1 Å². The van der Waals surface area contributed by atoms with Crippen LogP contribution in [0, 0.1) is 0 Å². The molecule has 2 fully saturated rings. The lowest BCUT2D eigenvalue weighted by molar-refractivity contribution is -0.621. The summed E-state index contributed by atoms with van der Waals surface area (Å²) in [5.41, 5.74) is 0.271. The summed E-state index contributed by atoms with van der Waals surface area (Å²) in [4.78, 5) is 13.8. The molecule has 0 radical (unpaired) electrons. The number of hydrogen-bond donors (Lipinski definition) is 1. The molecule has 1 aliphatic carbocycles. The highest BCUT2D eigenvalue weighted by atomic mass is 32.2. The van der Waals surface area contributed by atoms with Crippen LogP contribution in [0.25, 0.3) is 11.0 Å². The van der Waals surface area contributed by atoms with Gasteiger partial charge in [0.2, 0.25) is 6.20 Å². The average molecular weight is 453 g/mol. The summed E-state index contributed by atoms with van der Waals surface area (Å²) in [6, 6.07) is 1.29. The second-order valence-electron chi connectivity index (χ2n) is 8.13. The summed E-state index contributed by atoms with van der Waals surface area (Å²) in [7, 11) is -2.30. The van der Waals surface area contributed by atoms with Crippen LogP contribution in [0.3, 0.4) is 0 Å². The number of halogens is 2. The number of H-pyrrole nitrogens is 1. The van der Waals surface area contributed by atoms with Gasteiger partial charge in [-0.05, 0) is 28.7 Å². The summed E-state index contributed by atoms with van der Waals surface area (Å²) in [6.07, 6.45) is 7.52. The number of anilines is 1. The van der Waals surface area contributed by atoms with Crippen LogP contribution >= 0.6 is 0 Å². The molecule has 2 aromatic heterocycles. The van der Waals surface area contributed by atoms with E-state index in [1.807, 2.05) is 12.3 Å². The smallest absolute Gasteiger partial charge is 0.353 e. The van der Waals surface area contributed by atoms with E-state index >= 15 is 0 Å². The average Bonchev–Trinajstić information content (AvgIpc) is 3.15. The molecule has 0 bridgehead atoms. The molecule has 13 heteroatoms. The summed E-state index contributed by atoms with van der Waals surface area (Å²) in [5.74, 6) is 0.796. The van der Waals surface area contributed by atoms with Crippen molar-refractivity contribution < 1.29 is 21.9 Å². The van der Waals surface area contributed by atoms with Crippen molar-refractivity contribution in [3.63, 3.8) is 0 Å². The Kier molecular flexibility index (Phi) is 4.79. The summed E-state index contributed by atoms with van der Waals surface area (Å²) >= 11 is 0. The Hall–Kier alpha value is -2.51. The minimum atomic E-state index is -3.77. The van der Waals surface area contributed by atoms with Crippen molar-refractivity contribution in [3.8, 4) is 0 Å². The molecule has 5 rings (SSSR count). The Morgan fingerprint density at radius 3 is 2.87 bits per heavy atom. The van der Waals surface area contributed by atoms with Gasteiger partial charge in [-0.15, -0.1) is 8.78 Å². The fraction of sp³-hybridized carbons (Fsp3) is 0.556. The first-order valence-electron chi connectivity index (χ1n) is 10.0. The Bertz CT molecular complexity index is 1160. The van der Waals surface area contributed by atoms with E-state index in [1.165, 1.54) is 30.0 Å². The molecular weight excluding hydrogens is 430 g/mol. The van der Waals surface area contributed by atoms with Crippen LogP contribution < -0.4 is 4.90 Å². The lowest BCUT2D eigenvalue weighted by Crippen LogP contribution is -2.60. The van der Waals surface area contributed by atoms with Crippen molar-refractivity contribution in [3.05, 3.63) is 30.9 Å². The molecule has 4 heterocycles. The maximum Gasteiger partial charge on any atom is 0.474 e. The molecule has 1 saturated heterocycles. The summed E-state index contributed by atoms with van der Waals surface area (Å²) in [5, 5.41) is 4.74. The van der Waals surface area contributed by atoms with E-state index in [9.17, 15) is 17.2 Å². The van der Waals surface area contributed by atoms with Crippen LogP contribution in [-0.2, 0) is 10.2 Å². The normalized spacial score (nSPS) is 23.5. The third kappa shape index (κ3) is 3.49. The Labute approximate surface area is 178 Å². The predicted molar refractivity (Wildman–Crippen MR) is 108 cm³/mol. The number of nitrogens with zero attached hydrogens (tertiary/aromatic N) is 7. The van der Waals surface area contributed by atoms with Crippen molar-refractivity contribution in [2.45, 2.75) is 31.0 Å². The standard InChI is InChI=1S/C18H23F2N8O2S/c1-25(10-13-3-7-27(24-13)17(19)20)31(29,30)28-9-8-26(11-18(28)4-5-18)16-14-2-6-21-15(14)22-12-23-16/h2-3,6-7,12-13,17H,4-5,8-11H2,1H3,(H,21,22,23)/q+1. The minimum absolute atomic E-state index is 0.00816. The molecular formula is C18H23F2N8O2S+. The Morgan fingerprint density at radius 1 is 1.35 bits per heavy atom. The van der Waals surface area contributed by atoms with Crippen LogP contribution in [0.15, 0.2) is 36.0 Å². The Morgan fingerprint density at radius 2 is 2.16 bits per heavy atom. The van der Waals surface area contributed by atoms with Crippen molar-refractivity contribution >= 4 is 27.1 Å². The lowest BCUT2D eigenvalue weighted by Gasteiger charge is -2.43. The van der Waals surface area contributed by atoms with Crippen LogP contribution in [0.4, 0.5) is 14.6 Å². The second kappa shape index (κ2) is 7.28. The topological polar surface area (TPSA) is 101 Å². The highest BCUT2D eigenvalue weighted by molar-refractivity contribution is 7.86. The predicted octanol–water partition coefficient (Wildman–Crippen LogP) is 1.37. The molecule has 166 valence electrons. The fourth-order valence-electron chi connectivity index (χ4n) is 4.34. The molecule has 31 heavy (non-hydrogen) atoms. The van der Waals surface area contributed by atoms with E-state index < -0.39 is 28.3 Å². The number of aromatic amines is 1. The van der Waals surface area contributed by atoms with Crippen LogP contribution in [0.1, 0.15) is 12.8 Å². The number of fused-ring (bicyclic) bond motifs is 1. The number of azo groups is 2. The zero-order chi connectivity index (χ0) is 21.8. The zero-order valence-corrected chi connectivity index (χ0v) is 17.7. The van der Waals surface area contributed by atoms with Gasteiger partial charge in [-0.1, -0.05) is 0 Å². The van der Waals surface area contributed by atoms with Gasteiger partial charge >= 0.3 is 6.55 Å². The van der Waals surface area contributed by atoms with Crippen molar-refractivity contribution in [1.29, 1.82) is 0 Å². The second-order valence-corrected chi connectivity index (χ2v) is 10.1. The van der Waals surface area contributed by atoms with Gasteiger partial charge in [0.05, 0.1) is 10.9 Å². The molecule has 2 aliphatic heterocycles. The third-order valence-electron chi connectivity index (χ3n) is 6.11. The molecule has 1 saturated carbocycles. The van der Waals surface area contributed by atoms with E-state index in [4.69, 9.17) is 0 Å². The summed E-state index contributed by atoms with van der Waals surface area (Å²) < 4.78 is 55.5. The quantitative estimate of drug-likeness (QED) is 0.526. The lowest BCUT2D eigenvalue weighted by atomic mass is 10.2. The molecule has 10 nitrogen and oxygen atoms in total. The van der Waals surface area contributed by atoms with E-state index in [1.54, 1.807) is 4.31 Å². The molecule has 2 aromatic rings. The fourth-order valence-corrected chi connectivity index (χ4v) is 6.06. The maximum absolute atomic E-state index is 13.3. The minimum Gasteiger partial charge on any atom is -0.353 e. The molecule has 1 unspecified atom stereocenters. The maximum atomic E-state index is 13.3. The van der Waals surface area contributed by atoms with Gasteiger partial charge in [0.25, 0.3) is 10.2 Å². The Balaban J connectivity index is 1.32. The highest BCUT2D eigenvalue weighted by Crippen LogP contribution is 2.47. The van der Waals surface area contributed by atoms with Gasteiger partial charge in [0.1, 0.15) is 17.8 Å². The monoisotopic (exact) mass is 453 g/mol. The number of piperazine rings is 1. The zero-order valence-electron chi connectivity index (χ0n) is 16.9. The first kappa shape index (κ1) is 20.4. The van der Waals surface area contributed by atoms with Gasteiger partial charge in [-0.2, -0.15) is 17.0 Å². The van der Waals surface area contributed by atoms with Gasteiger partial charge in [0, 0.05) is 45.5 Å². The number of hydrogen-bond acceptors (Lipinski definition) is 6. The van der Waals surface area contributed by atoms with E-state index in [-0.39, 0.29) is 6.54 Å². The SMILES string of the molecule is CN(CC1C=C[N+](C(F)F)=N1)S(=O)(=O)N1CCN(c2ncnc3[nH]ccc23)CC12CC2. The van der Waals surface area contributed by atoms with Crippen LogP contribution in [0.2, 0.25) is 0 Å². The van der Waals surface area contributed by atoms with Gasteiger partial charge < -0.3 is 9.88 Å². The van der Waals surface area contributed by atoms with Crippen LogP contribution in [0.5, 0.6) is 0 Å². The van der Waals surface area contributed by atoms with Gasteiger partial charge in [0.15, 0.2) is 6.04 Å². The highest BCUT2D eigenvalue weighted by Gasteiger charge is 2.57. The molecule has 0 amide bonds. The molecule has 0 aromatic carbocycles. The van der Waals surface area contributed by atoms with E-state index in [0.717, 1.165) is 29.7 Å². The number of likely N-dealkylation sites (N-methyl/N-ethyl adjacent to an activating group) is 1. The van der Waals surface area contributed by atoms with E-state index in [2.05, 4.69) is 25.0 Å². The number of alkyl halides is 2. The number of nitrogens with one attached hydrogen (secondary N) is 1. The van der Waals surface area contributed by atoms with Crippen molar-refractivity contribution in [1.82, 2.24) is 23.6 Å².